The van der Waals surface area contributed by atoms with E-state index in [-0.39, 0.29) is 0 Å². The maximum atomic E-state index is 4.34. The van der Waals surface area contributed by atoms with Crippen LogP contribution in [0.1, 0.15) is 53.4 Å². The van der Waals surface area contributed by atoms with Gasteiger partial charge in [0.05, 0.1) is 0 Å². The average Bonchev–Trinajstić information content (AvgIpc) is 2.40. The molecule has 0 aliphatic heterocycles. The lowest BCUT2D eigenvalue weighted by atomic mass is 9.70. The van der Waals surface area contributed by atoms with Gasteiger partial charge in [0, 0.05) is 0 Å². The fraction of sp³-hybridized carbons (Fsp3) is 0.750. The highest BCUT2D eigenvalue weighted by Gasteiger charge is 2.45. The number of rotatable bonds is 1. The van der Waals surface area contributed by atoms with Gasteiger partial charge in [0.1, 0.15) is 0 Å². The van der Waals surface area contributed by atoms with Gasteiger partial charge in [0.2, 0.25) is 0 Å². The summed E-state index contributed by atoms with van der Waals surface area (Å²) < 4.78 is 0. The summed E-state index contributed by atoms with van der Waals surface area (Å²) in [5, 5.41) is 0. The van der Waals surface area contributed by atoms with Crippen LogP contribution < -0.4 is 0 Å². The Balaban J connectivity index is 2.39. The van der Waals surface area contributed by atoms with E-state index < -0.39 is 0 Å². The molecule has 0 N–H and O–H groups in total. The van der Waals surface area contributed by atoms with E-state index in [2.05, 4.69) is 40.3 Å². The Hall–Kier alpha value is -0.520. The molecule has 1 fully saturated rings. The van der Waals surface area contributed by atoms with E-state index in [1.165, 1.54) is 31.3 Å². The van der Waals surface area contributed by atoms with Gasteiger partial charge in [0.25, 0.3) is 0 Å². The molecule has 0 heterocycles. The predicted octanol–water partition coefficient (Wildman–Crippen LogP) is 4.97. The summed E-state index contributed by atoms with van der Waals surface area (Å²) in [7, 11) is 0. The van der Waals surface area contributed by atoms with Crippen LogP contribution in [0, 0.1) is 23.2 Å². The number of fused-ring (bicyclic) bond motifs is 1. The van der Waals surface area contributed by atoms with Crippen molar-refractivity contribution in [1.82, 2.24) is 0 Å². The Morgan fingerprint density at radius 1 is 1.38 bits per heavy atom. The third-order valence-corrected chi connectivity index (χ3v) is 4.74. The Morgan fingerprint density at radius 2 is 2.06 bits per heavy atom. The number of allylic oxidation sites excluding steroid dienone is 3. The maximum absolute atomic E-state index is 4.34. The molecule has 0 bridgehead atoms. The Labute approximate surface area is 101 Å². The van der Waals surface area contributed by atoms with Gasteiger partial charge in [-0.15, -0.1) is 0 Å². The smallest absolute Gasteiger partial charge is 0.00838 e. The molecule has 0 saturated heterocycles. The summed E-state index contributed by atoms with van der Waals surface area (Å²) in [5.74, 6) is 2.24. The summed E-state index contributed by atoms with van der Waals surface area (Å²) >= 11 is 0. The van der Waals surface area contributed by atoms with Crippen molar-refractivity contribution in [2.24, 2.45) is 23.2 Å². The lowest BCUT2D eigenvalue weighted by Gasteiger charge is -2.34. The molecule has 2 atom stereocenters. The molecule has 0 aromatic heterocycles. The SMILES string of the molecule is C=C1CCC=C(C(C)C)[C@@H]2[C@@H]1CCC2(C)C. The second kappa shape index (κ2) is 4.05. The van der Waals surface area contributed by atoms with Crippen LogP contribution in [0.2, 0.25) is 0 Å². The van der Waals surface area contributed by atoms with E-state index in [9.17, 15) is 0 Å². The van der Waals surface area contributed by atoms with Crippen LogP contribution in [0.3, 0.4) is 0 Å². The zero-order valence-electron chi connectivity index (χ0n) is 11.3. The molecule has 0 amide bonds. The van der Waals surface area contributed by atoms with E-state index in [0.717, 1.165) is 11.8 Å². The van der Waals surface area contributed by atoms with E-state index >= 15 is 0 Å². The quantitative estimate of drug-likeness (QED) is 0.545. The molecule has 2 aliphatic carbocycles. The molecule has 2 rings (SSSR count). The minimum atomic E-state index is 0.480. The summed E-state index contributed by atoms with van der Waals surface area (Å²) in [4.78, 5) is 0. The van der Waals surface area contributed by atoms with Crippen molar-refractivity contribution in [1.29, 1.82) is 0 Å². The summed E-state index contributed by atoms with van der Waals surface area (Å²) in [6, 6.07) is 0. The topological polar surface area (TPSA) is 0 Å². The highest BCUT2D eigenvalue weighted by atomic mass is 14.5. The highest BCUT2D eigenvalue weighted by molar-refractivity contribution is 5.25. The van der Waals surface area contributed by atoms with E-state index in [4.69, 9.17) is 0 Å². The Kier molecular flexibility index (Phi) is 3.03. The first kappa shape index (κ1) is 12.0. The van der Waals surface area contributed by atoms with Gasteiger partial charge in [0.15, 0.2) is 0 Å². The van der Waals surface area contributed by atoms with Crippen LogP contribution in [-0.4, -0.2) is 0 Å². The molecule has 0 nitrogen and oxygen atoms in total. The second-order valence-corrected chi connectivity index (χ2v) is 6.67. The number of hydrogen-bond acceptors (Lipinski definition) is 0. The van der Waals surface area contributed by atoms with Crippen LogP contribution in [0.25, 0.3) is 0 Å². The third kappa shape index (κ3) is 1.87. The lowest BCUT2D eigenvalue weighted by Crippen LogP contribution is -2.26. The summed E-state index contributed by atoms with van der Waals surface area (Å²) in [6.45, 7) is 13.9. The van der Waals surface area contributed by atoms with Gasteiger partial charge in [-0.05, 0) is 48.9 Å². The molecule has 0 aromatic carbocycles. The van der Waals surface area contributed by atoms with Crippen LogP contribution in [0.5, 0.6) is 0 Å². The monoisotopic (exact) mass is 218 g/mol. The second-order valence-electron chi connectivity index (χ2n) is 6.67. The zero-order valence-corrected chi connectivity index (χ0v) is 11.3. The molecule has 0 aromatic rings. The zero-order chi connectivity index (χ0) is 11.9. The van der Waals surface area contributed by atoms with E-state index in [1.54, 1.807) is 5.57 Å². The molecule has 90 valence electrons. The predicted molar refractivity (Wildman–Crippen MR) is 71.3 cm³/mol. The summed E-state index contributed by atoms with van der Waals surface area (Å²) in [6.07, 6.45) is 7.68. The van der Waals surface area contributed by atoms with Gasteiger partial charge in [-0.3, -0.25) is 0 Å². The Morgan fingerprint density at radius 3 is 2.69 bits per heavy atom. The number of hydrogen-bond donors (Lipinski definition) is 0. The molecular formula is C16H26. The van der Waals surface area contributed by atoms with Gasteiger partial charge in [-0.25, -0.2) is 0 Å². The summed E-state index contributed by atoms with van der Waals surface area (Å²) in [5.41, 5.74) is 3.71. The van der Waals surface area contributed by atoms with Crippen molar-refractivity contribution in [2.45, 2.75) is 53.4 Å². The molecule has 0 heteroatoms. The first-order valence-corrected chi connectivity index (χ1v) is 6.81. The molecule has 0 spiro atoms. The van der Waals surface area contributed by atoms with Crippen LogP contribution in [0.4, 0.5) is 0 Å². The van der Waals surface area contributed by atoms with Gasteiger partial charge in [-0.2, -0.15) is 0 Å². The van der Waals surface area contributed by atoms with Crippen molar-refractivity contribution in [2.75, 3.05) is 0 Å². The Bertz CT molecular complexity index is 317. The first-order chi connectivity index (χ1) is 7.43. The van der Waals surface area contributed by atoms with Crippen LogP contribution >= 0.6 is 0 Å². The van der Waals surface area contributed by atoms with Crippen molar-refractivity contribution >= 4 is 0 Å². The van der Waals surface area contributed by atoms with Crippen molar-refractivity contribution in [3.05, 3.63) is 23.8 Å². The molecule has 0 unspecified atom stereocenters. The molecule has 16 heavy (non-hydrogen) atoms. The van der Waals surface area contributed by atoms with E-state index in [1.807, 2.05) is 0 Å². The molecular weight excluding hydrogens is 192 g/mol. The van der Waals surface area contributed by atoms with Crippen molar-refractivity contribution < 1.29 is 0 Å². The van der Waals surface area contributed by atoms with Gasteiger partial charge < -0.3 is 0 Å². The fourth-order valence-electron chi connectivity index (χ4n) is 3.85. The first-order valence-electron chi connectivity index (χ1n) is 6.81. The largest absolute Gasteiger partial charge is 0.0995 e. The normalized spacial score (nSPS) is 33.6. The van der Waals surface area contributed by atoms with Crippen molar-refractivity contribution in [3.8, 4) is 0 Å². The van der Waals surface area contributed by atoms with Gasteiger partial charge >= 0.3 is 0 Å². The standard InChI is InChI=1S/C16H26/c1-11(2)13-8-6-7-12(3)14-9-10-16(4,5)15(13)14/h8,11,14-15H,3,6-7,9-10H2,1-2,4-5H3/t14-,15-/m1/s1. The minimum Gasteiger partial charge on any atom is -0.0995 e. The molecule has 0 radical (unpaired) electrons. The highest BCUT2D eigenvalue weighted by Crippen LogP contribution is 2.55. The fourth-order valence-corrected chi connectivity index (χ4v) is 3.85. The maximum Gasteiger partial charge on any atom is -0.00838 e. The van der Waals surface area contributed by atoms with E-state index in [0.29, 0.717) is 11.3 Å². The molecule has 2 aliphatic rings. The van der Waals surface area contributed by atoms with Crippen LogP contribution in [-0.2, 0) is 0 Å². The molecule has 1 saturated carbocycles. The average molecular weight is 218 g/mol. The lowest BCUT2D eigenvalue weighted by molar-refractivity contribution is 0.258. The minimum absolute atomic E-state index is 0.480. The van der Waals surface area contributed by atoms with Crippen molar-refractivity contribution in [3.63, 3.8) is 0 Å². The van der Waals surface area contributed by atoms with Gasteiger partial charge in [-0.1, -0.05) is 51.5 Å². The third-order valence-electron chi connectivity index (χ3n) is 4.74. The van der Waals surface area contributed by atoms with Crippen LogP contribution in [0.15, 0.2) is 23.8 Å².